The van der Waals surface area contributed by atoms with E-state index in [1.807, 2.05) is 0 Å². The van der Waals surface area contributed by atoms with Gasteiger partial charge in [0.25, 0.3) is 0 Å². The van der Waals surface area contributed by atoms with Gasteiger partial charge in [-0.1, -0.05) is 0 Å². The normalized spacial score (nSPS) is 16.4. The highest BCUT2D eigenvalue weighted by Gasteiger charge is 2.16. The van der Waals surface area contributed by atoms with Crippen molar-refractivity contribution in [3.8, 4) is 0 Å². The van der Waals surface area contributed by atoms with Crippen LogP contribution in [0.3, 0.4) is 0 Å². The predicted octanol–water partition coefficient (Wildman–Crippen LogP) is 0.628. The Balaban J connectivity index is 0.00000169. The van der Waals surface area contributed by atoms with Gasteiger partial charge in [-0.25, -0.2) is 4.79 Å². The largest absolute Gasteiger partial charge is 0.450 e. The molecule has 0 radical (unpaired) electrons. The standard InChI is InChI=1S/C8H15N3O2.ClH/c1-2-13-8(12)11-5-3-7(9)10-4-6-11;/h2-6H2,1H3,(H2,9,10);1H. The second kappa shape index (κ2) is 6.48. The summed E-state index contributed by atoms with van der Waals surface area (Å²) in [6, 6.07) is 0. The number of ether oxygens (including phenoxy) is 1. The Hall–Kier alpha value is -0.970. The average Bonchev–Trinajstić information content (AvgIpc) is 2.30. The van der Waals surface area contributed by atoms with Gasteiger partial charge < -0.3 is 15.4 Å². The van der Waals surface area contributed by atoms with Gasteiger partial charge in [-0.15, -0.1) is 12.4 Å². The van der Waals surface area contributed by atoms with Gasteiger partial charge in [0, 0.05) is 19.5 Å². The van der Waals surface area contributed by atoms with Crippen LogP contribution < -0.4 is 5.73 Å². The van der Waals surface area contributed by atoms with E-state index in [0.29, 0.717) is 38.5 Å². The lowest BCUT2D eigenvalue weighted by Gasteiger charge is -2.18. The molecule has 0 atom stereocenters. The first kappa shape index (κ1) is 13.0. The zero-order chi connectivity index (χ0) is 9.68. The molecular weight excluding hydrogens is 206 g/mol. The number of amides is 1. The third-order valence-electron chi connectivity index (χ3n) is 1.85. The zero-order valence-corrected chi connectivity index (χ0v) is 9.05. The number of nitrogens with zero attached hydrogens (tertiary/aromatic N) is 2. The van der Waals surface area contributed by atoms with Gasteiger partial charge in [0.15, 0.2) is 0 Å². The molecule has 6 heteroatoms. The van der Waals surface area contributed by atoms with Crippen LogP contribution in [0.2, 0.25) is 0 Å². The van der Waals surface area contributed by atoms with Gasteiger partial charge in [0.1, 0.15) is 0 Å². The minimum absolute atomic E-state index is 0. The first-order chi connectivity index (χ1) is 6.24. The van der Waals surface area contributed by atoms with Crippen molar-refractivity contribution in [3.63, 3.8) is 0 Å². The monoisotopic (exact) mass is 221 g/mol. The zero-order valence-electron chi connectivity index (χ0n) is 8.23. The van der Waals surface area contributed by atoms with Crippen molar-refractivity contribution >= 4 is 24.3 Å². The molecule has 1 amide bonds. The van der Waals surface area contributed by atoms with E-state index < -0.39 is 0 Å². The highest BCUT2D eigenvalue weighted by atomic mass is 35.5. The van der Waals surface area contributed by atoms with Crippen molar-refractivity contribution < 1.29 is 9.53 Å². The lowest BCUT2D eigenvalue weighted by molar-refractivity contribution is 0.110. The minimum Gasteiger partial charge on any atom is -0.450 e. The Morgan fingerprint density at radius 1 is 1.64 bits per heavy atom. The minimum atomic E-state index is -0.271. The number of aliphatic imine (C=N–C) groups is 1. The smallest absolute Gasteiger partial charge is 0.409 e. The molecule has 0 aromatic rings. The van der Waals surface area contributed by atoms with Crippen molar-refractivity contribution in [2.45, 2.75) is 13.3 Å². The molecule has 5 nitrogen and oxygen atoms in total. The van der Waals surface area contributed by atoms with Gasteiger partial charge in [-0.05, 0) is 6.92 Å². The molecule has 0 aliphatic carbocycles. The molecule has 14 heavy (non-hydrogen) atoms. The number of nitrogens with two attached hydrogens (primary N) is 1. The molecule has 2 N–H and O–H groups in total. The van der Waals surface area contributed by atoms with E-state index in [2.05, 4.69) is 4.99 Å². The summed E-state index contributed by atoms with van der Waals surface area (Å²) in [4.78, 5) is 17.0. The van der Waals surface area contributed by atoms with E-state index in [-0.39, 0.29) is 18.5 Å². The van der Waals surface area contributed by atoms with Crippen LogP contribution in [0.15, 0.2) is 4.99 Å². The number of halogens is 1. The third kappa shape index (κ3) is 3.83. The van der Waals surface area contributed by atoms with E-state index in [4.69, 9.17) is 10.5 Å². The van der Waals surface area contributed by atoms with Crippen molar-refractivity contribution in [2.24, 2.45) is 10.7 Å². The fourth-order valence-electron chi connectivity index (χ4n) is 1.15. The maximum absolute atomic E-state index is 11.3. The number of hydrogen-bond donors (Lipinski definition) is 1. The number of amidine groups is 1. The molecule has 0 aromatic carbocycles. The molecule has 0 aromatic heterocycles. The summed E-state index contributed by atoms with van der Waals surface area (Å²) in [5.41, 5.74) is 5.54. The van der Waals surface area contributed by atoms with Gasteiger partial charge >= 0.3 is 6.09 Å². The number of hydrogen-bond acceptors (Lipinski definition) is 4. The molecular formula is C8H16ClN3O2. The highest BCUT2D eigenvalue weighted by molar-refractivity contribution is 5.85. The Kier molecular flexibility index (Phi) is 6.03. The maximum Gasteiger partial charge on any atom is 0.409 e. The van der Waals surface area contributed by atoms with Crippen LogP contribution in [-0.4, -0.2) is 43.1 Å². The number of carbonyl (C=O) groups is 1. The van der Waals surface area contributed by atoms with E-state index in [9.17, 15) is 4.79 Å². The van der Waals surface area contributed by atoms with Crippen LogP contribution in [0.5, 0.6) is 0 Å². The summed E-state index contributed by atoms with van der Waals surface area (Å²) in [5.74, 6) is 0.617. The first-order valence-electron chi connectivity index (χ1n) is 4.44. The van der Waals surface area contributed by atoms with Gasteiger partial charge in [0.2, 0.25) is 0 Å². The van der Waals surface area contributed by atoms with Crippen molar-refractivity contribution in [1.82, 2.24) is 4.90 Å². The highest BCUT2D eigenvalue weighted by Crippen LogP contribution is 2.00. The van der Waals surface area contributed by atoms with Crippen molar-refractivity contribution in [3.05, 3.63) is 0 Å². The van der Waals surface area contributed by atoms with Crippen molar-refractivity contribution in [2.75, 3.05) is 26.2 Å². The summed E-state index contributed by atoms with van der Waals surface area (Å²) in [6.45, 7) is 3.98. The quantitative estimate of drug-likeness (QED) is 0.706. The summed E-state index contributed by atoms with van der Waals surface area (Å²) in [7, 11) is 0. The molecule has 82 valence electrons. The molecule has 1 aliphatic rings. The maximum atomic E-state index is 11.3. The molecule has 0 saturated carbocycles. The lowest BCUT2D eigenvalue weighted by Crippen LogP contribution is -2.34. The lowest BCUT2D eigenvalue weighted by atomic mass is 10.4. The van der Waals surface area contributed by atoms with Crippen LogP contribution >= 0.6 is 12.4 Å². The van der Waals surface area contributed by atoms with Crippen LogP contribution in [0.1, 0.15) is 13.3 Å². The van der Waals surface area contributed by atoms with Crippen LogP contribution in [0.25, 0.3) is 0 Å². The fraction of sp³-hybridized carbons (Fsp3) is 0.750. The summed E-state index contributed by atoms with van der Waals surface area (Å²) in [5, 5.41) is 0. The Labute approximate surface area is 89.7 Å². The van der Waals surface area contributed by atoms with Crippen molar-refractivity contribution in [1.29, 1.82) is 0 Å². The molecule has 1 rings (SSSR count). The van der Waals surface area contributed by atoms with E-state index in [1.165, 1.54) is 0 Å². The summed E-state index contributed by atoms with van der Waals surface area (Å²) in [6.07, 6.45) is 0.367. The predicted molar refractivity (Wildman–Crippen MR) is 56.9 cm³/mol. The molecule has 1 heterocycles. The number of carbonyl (C=O) groups excluding carboxylic acids is 1. The Bertz CT molecular complexity index is 221. The topological polar surface area (TPSA) is 67.9 Å². The van der Waals surface area contributed by atoms with Crippen LogP contribution in [0.4, 0.5) is 4.79 Å². The van der Waals surface area contributed by atoms with Gasteiger partial charge in [-0.2, -0.15) is 0 Å². The summed E-state index contributed by atoms with van der Waals surface area (Å²) < 4.78 is 4.87. The molecule has 0 bridgehead atoms. The third-order valence-corrected chi connectivity index (χ3v) is 1.85. The fourth-order valence-corrected chi connectivity index (χ4v) is 1.15. The molecule has 1 aliphatic heterocycles. The molecule has 0 saturated heterocycles. The second-order valence-electron chi connectivity index (χ2n) is 2.81. The SMILES string of the molecule is CCOC(=O)N1CCN=C(N)CC1.Cl. The van der Waals surface area contributed by atoms with Crippen LogP contribution in [-0.2, 0) is 4.74 Å². The van der Waals surface area contributed by atoms with Crippen LogP contribution in [0, 0.1) is 0 Å². The Morgan fingerprint density at radius 2 is 2.36 bits per heavy atom. The molecule has 0 unspecified atom stereocenters. The summed E-state index contributed by atoms with van der Waals surface area (Å²) >= 11 is 0. The first-order valence-corrected chi connectivity index (χ1v) is 4.44. The Morgan fingerprint density at radius 3 is 3.00 bits per heavy atom. The molecule has 0 fully saturated rings. The number of rotatable bonds is 1. The second-order valence-corrected chi connectivity index (χ2v) is 2.81. The van der Waals surface area contributed by atoms with Gasteiger partial charge in [0.05, 0.1) is 19.0 Å². The molecule has 0 spiro atoms. The van der Waals surface area contributed by atoms with E-state index in [0.717, 1.165) is 0 Å². The van der Waals surface area contributed by atoms with Gasteiger partial charge in [-0.3, -0.25) is 4.99 Å². The van der Waals surface area contributed by atoms with E-state index >= 15 is 0 Å². The average molecular weight is 222 g/mol. The van der Waals surface area contributed by atoms with E-state index in [1.54, 1.807) is 11.8 Å².